The Hall–Kier alpha value is -1.53. The van der Waals surface area contributed by atoms with E-state index in [1.807, 2.05) is 6.07 Å². The molecule has 0 saturated heterocycles. The van der Waals surface area contributed by atoms with E-state index in [0.29, 0.717) is 22.8 Å². The van der Waals surface area contributed by atoms with Crippen molar-refractivity contribution in [3.05, 3.63) is 28.8 Å². The average molecular weight is 224 g/mol. The van der Waals surface area contributed by atoms with Crippen LogP contribution in [-0.4, -0.2) is 12.4 Å². The van der Waals surface area contributed by atoms with Crippen molar-refractivity contribution < 1.29 is 9.53 Å². The van der Waals surface area contributed by atoms with Crippen molar-refractivity contribution in [2.45, 2.75) is 13.3 Å². The number of hydrogen-bond acceptors (Lipinski definition) is 3. The van der Waals surface area contributed by atoms with E-state index in [-0.39, 0.29) is 12.4 Å². The van der Waals surface area contributed by atoms with Crippen molar-refractivity contribution in [1.29, 1.82) is 5.26 Å². The quantitative estimate of drug-likeness (QED) is 0.788. The first-order valence-electron chi connectivity index (χ1n) is 4.51. The predicted molar refractivity (Wildman–Crippen MR) is 57.0 cm³/mol. The lowest BCUT2D eigenvalue weighted by atomic mass is 10.2. The molecule has 0 aliphatic carbocycles. The third-order valence-electron chi connectivity index (χ3n) is 1.84. The number of carbonyl (C=O) groups excluding carboxylic acids is 1. The molecule has 1 rings (SSSR count). The van der Waals surface area contributed by atoms with Gasteiger partial charge in [-0.05, 0) is 18.2 Å². The molecule has 0 amide bonds. The number of nitrogens with zero attached hydrogens (tertiary/aromatic N) is 1. The van der Waals surface area contributed by atoms with E-state index in [2.05, 4.69) is 0 Å². The molecule has 0 atom stereocenters. The van der Waals surface area contributed by atoms with E-state index >= 15 is 0 Å². The Balaban J connectivity index is 2.71. The van der Waals surface area contributed by atoms with Gasteiger partial charge in [0.1, 0.15) is 12.4 Å². The summed E-state index contributed by atoms with van der Waals surface area (Å²) in [5.74, 6) is 0.438. The molecule has 0 aromatic heterocycles. The zero-order valence-corrected chi connectivity index (χ0v) is 9.04. The SMILES string of the molecule is CCC(=O)COc1ccc(C#N)cc1Cl. The van der Waals surface area contributed by atoms with Crippen LogP contribution in [-0.2, 0) is 4.79 Å². The minimum absolute atomic E-state index is 0.00965. The normalized spacial score (nSPS) is 9.40. The monoisotopic (exact) mass is 223 g/mol. The molecule has 3 nitrogen and oxygen atoms in total. The second-order valence-electron chi connectivity index (χ2n) is 2.94. The first kappa shape index (κ1) is 11.5. The second kappa shape index (κ2) is 5.38. The van der Waals surface area contributed by atoms with Gasteiger partial charge in [-0.25, -0.2) is 0 Å². The van der Waals surface area contributed by atoms with Crippen LogP contribution < -0.4 is 4.74 Å². The zero-order valence-electron chi connectivity index (χ0n) is 8.29. The summed E-state index contributed by atoms with van der Waals surface area (Å²) >= 11 is 5.85. The molecule has 0 aliphatic heterocycles. The maximum Gasteiger partial charge on any atom is 0.169 e. The second-order valence-corrected chi connectivity index (χ2v) is 3.35. The number of carbonyl (C=O) groups is 1. The van der Waals surface area contributed by atoms with E-state index in [9.17, 15) is 4.79 Å². The Kier molecular flexibility index (Phi) is 4.14. The van der Waals surface area contributed by atoms with Crippen molar-refractivity contribution in [3.63, 3.8) is 0 Å². The fourth-order valence-corrected chi connectivity index (χ4v) is 1.18. The molecule has 0 radical (unpaired) electrons. The van der Waals surface area contributed by atoms with Crippen molar-refractivity contribution in [3.8, 4) is 11.8 Å². The Morgan fingerprint density at radius 3 is 2.87 bits per heavy atom. The van der Waals surface area contributed by atoms with Crippen LogP contribution in [0.3, 0.4) is 0 Å². The number of halogens is 1. The average Bonchev–Trinajstić information content (AvgIpc) is 2.26. The molecular weight excluding hydrogens is 214 g/mol. The molecule has 1 aromatic carbocycles. The van der Waals surface area contributed by atoms with Gasteiger partial charge in [0.2, 0.25) is 0 Å². The number of nitriles is 1. The summed E-state index contributed by atoms with van der Waals surface area (Å²) in [6.45, 7) is 1.79. The maximum atomic E-state index is 11.0. The zero-order chi connectivity index (χ0) is 11.3. The topological polar surface area (TPSA) is 50.1 Å². The molecule has 78 valence electrons. The molecule has 4 heteroatoms. The summed E-state index contributed by atoms with van der Waals surface area (Å²) in [5, 5.41) is 8.95. The lowest BCUT2D eigenvalue weighted by Gasteiger charge is -2.06. The maximum absolute atomic E-state index is 11.0. The molecule has 0 bridgehead atoms. The fraction of sp³-hybridized carbons (Fsp3) is 0.273. The summed E-state index contributed by atoms with van der Waals surface area (Å²) in [5.41, 5.74) is 0.467. The predicted octanol–water partition coefficient (Wildman–Crippen LogP) is 2.57. The van der Waals surface area contributed by atoms with E-state index < -0.39 is 0 Å². The Morgan fingerprint density at radius 2 is 2.33 bits per heavy atom. The highest BCUT2D eigenvalue weighted by Gasteiger charge is 2.05. The Bertz CT molecular complexity index is 410. The van der Waals surface area contributed by atoms with Crippen molar-refractivity contribution in [1.82, 2.24) is 0 Å². The minimum Gasteiger partial charge on any atom is -0.484 e. The van der Waals surface area contributed by atoms with Crippen LogP contribution in [0.1, 0.15) is 18.9 Å². The third-order valence-corrected chi connectivity index (χ3v) is 2.14. The molecule has 0 spiro atoms. The molecule has 0 N–H and O–H groups in total. The molecule has 0 saturated carbocycles. The van der Waals surface area contributed by atoms with Crippen LogP contribution in [0.2, 0.25) is 5.02 Å². The van der Waals surface area contributed by atoms with Gasteiger partial charge in [-0.2, -0.15) is 5.26 Å². The lowest BCUT2D eigenvalue weighted by molar-refractivity contribution is -0.120. The van der Waals surface area contributed by atoms with Gasteiger partial charge in [0.15, 0.2) is 5.78 Å². The van der Waals surface area contributed by atoms with Crippen molar-refractivity contribution in [2.24, 2.45) is 0 Å². The molecule has 0 fully saturated rings. The van der Waals surface area contributed by atoms with Crippen LogP contribution >= 0.6 is 11.6 Å². The highest BCUT2D eigenvalue weighted by molar-refractivity contribution is 6.32. The molecular formula is C11H10ClNO2. The number of Topliss-reactive ketones (excluding diaryl/α,β-unsaturated/α-hetero) is 1. The van der Waals surface area contributed by atoms with Crippen molar-refractivity contribution >= 4 is 17.4 Å². The molecule has 15 heavy (non-hydrogen) atoms. The standard InChI is InChI=1S/C11H10ClNO2/c1-2-9(14)7-15-11-4-3-8(6-13)5-10(11)12/h3-5H,2,7H2,1H3. The van der Waals surface area contributed by atoms with Gasteiger partial charge >= 0.3 is 0 Å². The van der Waals surface area contributed by atoms with Crippen molar-refractivity contribution in [2.75, 3.05) is 6.61 Å². The van der Waals surface area contributed by atoms with Gasteiger partial charge in [0.25, 0.3) is 0 Å². The minimum atomic E-state index is 0.00965. The summed E-state index contributed by atoms with van der Waals surface area (Å²) < 4.78 is 5.20. The van der Waals surface area contributed by atoms with E-state index in [1.165, 1.54) is 6.07 Å². The van der Waals surface area contributed by atoms with Crippen LogP contribution in [0.4, 0.5) is 0 Å². The number of rotatable bonds is 4. The molecule has 1 aromatic rings. The largest absolute Gasteiger partial charge is 0.484 e. The highest BCUT2D eigenvalue weighted by atomic mass is 35.5. The number of ether oxygens (including phenoxy) is 1. The summed E-state index contributed by atoms with van der Waals surface area (Å²) in [7, 11) is 0. The van der Waals surface area contributed by atoms with Gasteiger partial charge in [0.05, 0.1) is 16.7 Å². The molecule has 0 heterocycles. The third kappa shape index (κ3) is 3.26. The fourth-order valence-electron chi connectivity index (χ4n) is 0.948. The highest BCUT2D eigenvalue weighted by Crippen LogP contribution is 2.25. The molecule has 0 unspecified atom stereocenters. The van der Waals surface area contributed by atoms with Crippen LogP contribution in [0.15, 0.2) is 18.2 Å². The summed E-state index contributed by atoms with van der Waals surface area (Å²) in [6.07, 6.45) is 0.438. The summed E-state index contributed by atoms with van der Waals surface area (Å²) in [4.78, 5) is 11.0. The first-order chi connectivity index (χ1) is 7.17. The smallest absolute Gasteiger partial charge is 0.169 e. The molecule has 0 aliphatic rings. The number of benzene rings is 1. The first-order valence-corrected chi connectivity index (χ1v) is 4.89. The van der Waals surface area contributed by atoms with E-state index in [4.69, 9.17) is 21.6 Å². The van der Waals surface area contributed by atoms with Gasteiger partial charge in [0, 0.05) is 6.42 Å². The Morgan fingerprint density at radius 1 is 1.60 bits per heavy atom. The van der Waals surface area contributed by atoms with Crippen LogP contribution in [0.5, 0.6) is 5.75 Å². The van der Waals surface area contributed by atoms with Crippen LogP contribution in [0.25, 0.3) is 0 Å². The number of hydrogen-bond donors (Lipinski definition) is 0. The summed E-state index contributed by atoms with van der Waals surface area (Å²) in [6, 6.07) is 6.65. The van der Waals surface area contributed by atoms with Crippen LogP contribution in [0, 0.1) is 11.3 Å². The van der Waals surface area contributed by atoms with Gasteiger partial charge in [-0.1, -0.05) is 18.5 Å². The van der Waals surface area contributed by atoms with Gasteiger partial charge in [-0.3, -0.25) is 4.79 Å². The van der Waals surface area contributed by atoms with E-state index in [1.54, 1.807) is 19.1 Å². The lowest BCUT2D eigenvalue weighted by Crippen LogP contribution is -2.09. The van der Waals surface area contributed by atoms with Gasteiger partial charge in [-0.15, -0.1) is 0 Å². The number of ketones is 1. The van der Waals surface area contributed by atoms with Gasteiger partial charge < -0.3 is 4.74 Å². The van der Waals surface area contributed by atoms with E-state index in [0.717, 1.165) is 0 Å². The Labute approximate surface area is 93.2 Å².